The predicted molar refractivity (Wildman–Crippen MR) is 94.0 cm³/mol. The average molecular weight is 338 g/mol. The van der Waals surface area contributed by atoms with E-state index in [2.05, 4.69) is 34.7 Å². The van der Waals surface area contributed by atoms with E-state index in [4.69, 9.17) is 4.74 Å². The van der Waals surface area contributed by atoms with Crippen LogP contribution in [-0.4, -0.2) is 48.7 Å². The summed E-state index contributed by atoms with van der Waals surface area (Å²) in [6.45, 7) is 9.73. The molecule has 1 saturated heterocycles. The molecule has 2 rings (SSSR count). The number of nitrogens with zero attached hydrogens (tertiary/aromatic N) is 2. The minimum absolute atomic E-state index is 0.207. The summed E-state index contributed by atoms with van der Waals surface area (Å²) in [6.07, 6.45) is -0.257. The molecule has 0 atom stereocenters. The van der Waals surface area contributed by atoms with Crippen molar-refractivity contribution < 1.29 is 9.53 Å². The van der Waals surface area contributed by atoms with Crippen LogP contribution in [0.1, 0.15) is 30.5 Å². The second-order valence-electron chi connectivity index (χ2n) is 6.66. The Hall–Kier alpha value is -1.76. The van der Waals surface area contributed by atoms with Crippen molar-refractivity contribution in [3.05, 3.63) is 21.9 Å². The molecule has 0 spiro atoms. The second-order valence-corrected chi connectivity index (χ2v) is 8.04. The van der Waals surface area contributed by atoms with Gasteiger partial charge in [-0.1, -0.05) is 0 Å². The van der Waals surface area contributed by atoms with Crippen LogP contribution in [-0.2, 0) is 11.3 Å². The smallest absolute Gasteiger partial charge is 0.410 e. The molecule has 1 aliphatic rings. The van der Waals surface area contributed by atoms with Gasteiger partial charge in [-0.25, -0.2) is 4.79 Å². The van der Waals surface area contributed by atoms with Crippen LogP contribution in [0.4, 0.5) is 4.79 Å². The number of ether oxygens (including phenoxy) is 1. The fraction of sp³-hybridized carbons (Fsp3) is 0.625. The van der Waals surface area contributed by atoms with Crippen LogP contribution in [0.25, 0.3) is 0 Å². The van der Waals surface area contributed by atoms with Gasteiger partial charge in [-0.3, -0.25) is 4.99 Å². The summed E-state index contributed by atoms with van der Waals surface area (Å²) in [5.74, 6) is 0.755. The number of hydrogen-bond donors (Lipinski definition) is 2. The minimum Gasteiger partial charge on any atom is -0.444 e. The molecule has 1 fully saturated rings. The summed E-state index contributed by atoms with van der Waals surface area (Å²) in [5.41, 5.74) is -0.452. The van der Waals surface area contributed by atoms with Crippen molar-refractivity contribution in [2.45, 2.75) is 45.9 Å². The topological polar surface area (TPSA) is 66.0 Å². The van der Waals surface area contributed by atoms with Gasteiger partial charge in [0.2, 0.25) is 0 Å². The van der Waals surface area contributed by atoms with Crippen LogP contribution >= 0.6 is 11.3 Å². The lowest BCUT2D eigenvalue weighted by Gasteiger charge is -2.40. The summed E-state index contributed by atoms with van der Waals surface area (Å²) in [6, 6.07) is 4.44. The number of nitrogens with one attached hydrogen (secondary N) is 2. The molecule has 7 heteroatoms. The Kier molecular flexibility index (Phi) is 5.51. The Bertz CT molecular complexity index is 571. The number of likely N-dealkylation sites (tertiary alicyclic amines) is 1. The second kappa shape index (κ2) is 7.21. The highest BCUT2D eigenvalue weighted by atomic mass is 32.1. The predicted octanol–water partition coefficient (Wildman–Crippen LogP) is 2.34. The standard InChI is InChI=1S/C16H26N4O2S/c1-11-6-7-13(23-11)8-18-14(17-5)19-12-9-20(10-12)15(21)22-16(2,3)4/h6-7,12H,8-10H2,1-5H3,(H2,17,18,19). The molecule has 0 bridgehead atoms. The molecule has 1 aromatic rings. The molecule has 128 valence electrons. The number of carbonyl (C=O) groups is 1. The minimum atomic E-state index is -0.452. The Morgan fingerprint density at radius 2 is 2.13 bits per heavy atom. The first-order valence-electron chi connectivity index (χ1n) is 7.77. The van der Waals surface area contributed by atoms with Gasteiger partial charge in [-0.05, 0) is 39.8 Å². The van der Waals surface area contributed by atoms with E-state index in [1.807, 2.05) is 20.8 Å². The van der Waals surface area contributed by atoms with Gasteiger partial charge in [0.25, 0.3) is 0 Å². The zero-order valence-corrected chi connectivity index (χ0v) is 15.3. The van der Waals surface area contributed by atoms with Gasteiger partial charge in [0.05, 0.1) is 12.6 Å². The zero-order chi connectivity index (χ0) is 17.0. The van der Waals surface area contributed by atoms with Crippen molar-refractivity contribution >= 4 is 23.4 Å². The van der Waals surface area contributed by atoms with Gasteiger partial charge in [0.15, 0.2) is 5.96 Å². The fourth-order valence-electron chi connectivity index (χ4n) is 2.18. The monoisotopic (exact) mass is 338 g/mol. The van der Waals surface area contributed by atoms with Gasteiger partial charge < -0.3 is 20.3 Å². The lowest BCUT2D eigenvalue weighted by atomic mass is 10.1. The van der Waals surface area contributed by atoms with Crippen molar-refractivity contribution in [2.75, 3.05) is 20.1 Å². The van der Waals surface area contributed by atoms with Crippen LogP contribution in [0.5, 0.6) is 0 Å². The summed E-state index contributed by atoms with van der Waals surface area (Å²) in [7, 11) is 1.75. The number of guanidine groups is 1. The molecular formula is C16H26N4O2S. The quantitative estimate of drug-likeness (QED) is 0.656. The molecule has 1 aliphatic heterocycles. The molecule has 0 radical (unpaired) electrons. The average Bonchev–Trinajstić information content (AvgIpc) is 2.80. The number of amides is 1. The van der Waals surface area contributed by atoms with Crippen LogP contribution in [0.15, 0.2) is 17.1 Å². The summed E-state index contributed by atoms with van der Waals surface area (Å²) >= 11 is 1.77. The summed E-state index contributed by atoms with van der Waals surface area (Å²) < 4.78 is 5.34. The Balaban J connectivity index is 1.72. The van der Waals surface area contributed by atoms with E-state index in [0.717, 1.165) is 12.5 Å². The first-order chi connectivity index (χ1) is 10.8. The van der Waals surface area contributed by atoms with E-state index in [9.17, 15) is 4.79 Å². The Morgan fingerprint density at radius 3 is 2.65 bits per heavy atom. The highest BCUT2D eigenvalue weighted by molar-refractivity contribution is 7.11. The van der Waals surface area contributed by atoms with E-state index in [-0.39, 0.29) is 12.1 Å². The molecule has 0 aromatic carbocycles. The molecule has 1 aromatic heterocycles. The van der Waals surface area contributed by atoms with Crippen LogP contribution < -0.4 is 10.6 Å². The highest BCUT2D eigenvalue weighted by Crippen LogP contribution is 2.16. The van der Waals surface area contributed by atoms with Crippen molar-refractivity contribution in [1.29, 1.82) is 0 Å². The fourth-order valence-corrected chi connectivity index (χ4v) is 3.01. The molecule has 0 unspecified atom stereocenters. The third-order valence-electron chi connectivity index (χ3n) is 3.32. The summed E-state index contributed by atoms with van der Waals surface area (Å²) in [5, 5.41) is 6.62. The lowest BCUT2D eigenvalue weighted by Crippen LogP contribution is -2.63. The number of thiophene rings is 1. The third-order valence-corrected chi connectivity index (χ3v) is 4.32. The van der Waals surface area contributed by atoms with Gasteiger partial charge in [0.1, 0.15) is 5.60 Å². The zero-order valence-electron chi connectivity index (χ0n) is 14.5. The van der Waals surface area contributed by atoms with E-state index in [1.165, 1.54) is 9.75 Å². The van der Waals surface area contributed by atoms with Gasteiger partial charge in [-0.2, -0.15) is 0 Å². The number of carbonyl (C=O) groups excluding carboxylic acids is 1. The molecule has 0 saturated carbocycles. The Labute approximate surface area is 141 Å². The van der Waals surface area contributed by atoms with E-state index in [0.29, 0.717) is 13.1 Å². The maximum Gasteiger partial charge on any atom is 0.410 e. The van der Waals surface area contributed by atoms with E-state index in [1.54, 1.807) is 23.3 Å². The van der Waals surface area contributed by atoms with Crippen LogP contribution in [0.2, 0.25) is 0 Å². The molecule has 1 amide bonds. The lowest BCUT2D eigenvalue weighted by molar-refractivity contribution is 0.00701. The molecule has 6 nitrogen and oxygen atoms in total. The van der Waals surface area contributed by atoms with Gasteiger partial charge in [0, 0.05) is 29.9 Å². The normalized spacial score (nSPS) is 16.0. The van der Waals surface area contributed by atoms with E-state index < -0.39 is 5.60 Å². The van der Waals surface area contributed by atoms with Crippen molar-refractivity contribution in [3.8, 4) is 0 Å². The highest BCUT2D eigenvalue weighted by Gasteiger charge is 2.34. The van der Waals surface area contributed by atoms with Gasteiger partial charge >= 0.3 is 6.09 Å². The molecule has 23 heavy (non-hydrogen) atoms. The van der Waals surface area contributed by atoms with Crippen molar-refractivity contribution in [1.82, 2.24) is 15.5 Å². The van der Waals surface area contributed by atoms with E-state index >= 15 is 0 Å². The SMILES string of the molecule is CN=C(NCc1ccc(C)s1)NC1CN(C(=O)OC(C)(C)C)C1. The summed E-state index contributed by atoms with van der Waals surface area (Å²) in [4.78, 5) is 20.4. The number of aliphatic imine (C=N–C) groups is 1. The maximum atomic E-state index is 11.9. The number of hydrogen-bond acceptors (Lipinski definition) is 4. The largest absolute Gasteiger partial charge is 0.444 e. The molecule has 2 N–H and O–H groups in total. The molecule has 2 heterocycles. The number of aryl methyl sites for hydroxylation is 1. The number of rotatable bonds is 3. The molecular weight excluding hydrogens is 312 g/mol. The first-order valence-corrected chi connectivity index (χ1v) is 8.59. The van der Waals surface area contributed by atoms with Crippen LogP contribution in [0, 0.1) is 6.92 Å². The van der Waals surface area contributed by atoms with Crippen molar-refractivity contribution in [2.24, 2.45) is 4.99 Å². The van der Waals surface area contributed by atoms with Crippen LogP contribution in [0.3, 0.4) is 0 Å². The van der Waals surface area contributed by atoms with Crippen molar-refractivity contribution in [3.63, 3.8) is 0 Å². The maximum absolute atomic E-state index is 11.9. The third kappa shape index (κ3) is 5.42. The molecule has 0 aliphatic carbocycles. The Morgan fingerprint density at radius 1 is 1.43 bits per heavy atom. The van der Waals surface area contributed by atoms with Gasteiger partial charge in [-0.15, -0.1) is 11.3 Å². The first kappa shape index (κ1) is 17.6.